The maximum atomic E-state index is 13.1. The van der Waals surface area contributed by atoms with E-state index in [1.54, 1.807) is 18.3 Å². The molecule has 3 rings (SSSR count). The van der Waals surface area contributed by atoms with Gasteiger partial charge in [-0.25, -0.2) is 9.07 Å². The summed E-state index contributed by atoms with van der Waals surface area (Å²) in [6.07, 6.45) is 1.71. The van der Waals surface area contributed by atoms with Gasteiger partial charge in [-0.2, -0.15) is 0 Å². The number of nitrogens with zero attached hydrogens (tertiary/aromatic N) is 3. The number of hydrogen-bond acceptors (Lipinski definition) is 5. The highest BCUT2D eigenvalue weighted by atomic mass is 19.1. The highest BCUT2D eigenvalue weighted by molar-refractivity contribution is 5.75. The Hall–Kier alpha value is -3.42. The number of halogens is 1. The Balaban J connectivity index is 1.44. The first kappa shape index (κ1) is 19.3. The number of rotatable bonds is 9. The van der Waals surface area contributed by atoms with Crippen LogP contribution in [0.1, 0.15) is 6.92 Å². The first-order chi connectivity index (χ1) is 13.6. The van der Waals surface area contributed by atoms with E-state index in [0.717, 1.165) is 11.3 Å². The molecule has 7 nitrogen and oxygen atoms in total. The fourth-order valence-electron chi connectivity index (χ4n) is 2.52. The minimum atomic E-state index is -0.365. The van der Waals surface area contributed by atoms with Gasteiger partial charge in [-0.3, -0.25) is 4.79 Å². The quantitative estimate of drug-likeness (QED) is 0.574. The second-order valence-electron chi connectivity index (χ2n) is 5.91. The molecule has 1 N–H and O–H groups in total. The number of benzene rings is 2. The van der Waals surface area contributed by atoms with E-state index in [9.17, 15) is 9.18 Å². The normalized spacial score (nSPS) is 10.5. The zero-order chi connectivity index (χ0) is 19.8. The Morgan fingerprint density at radius 1 is 1.14 bits per heavy atom. The standard InChI is InChI=1S/C20H21FN4O3/c1-2-27-17-8-6-15(7-9-17)19-13-25(24-23-19)14-20(26)22-10-11-28-18-5-3-4-16(21)12-18/h3-9,12-13H,2,10-11,14H2,1H3,(H,22,26). The minimum Gasteiger partial charge on any atom is -0.494 e. The van der Waals surface area contributed by atoms with Gasteiger partial charge in [-0.1, -0.05) is 11.3 Å². The molecule has 0 atom stereocenters. The van der Waals surface area contributed by atoms with Crippen molar-refractivity contribution in [2.24, 2.45) is 0 Å². The van der Waals surface area contributed by atoms with Crippen molar-refractivity contribution in [2.75, 3.05) is 19.8 Å². The molecule has 1 heterocycles. The number of ether oxygens (including phenoxy) is 2. The van der Waals surface area contributed by atoms with E-state index in [4.69, 9.17) is 9.47 Å². The number of carbonyl (C=O) groups excluding carboxylic acids is 1. The monoisotopic (exact) mass is 384 g/mol. The lowest BCUT2D eigenvalue weighted by Gasteiger charge is -2.07. The van der Waals surface area contributed by atoms with Crippen LogP contribution >= 0.6 is 0 Å². The Morgan fingerprint density at radius 2 is 1.96 bits per heavy atom. The van der Waals surface area contributed by atoms with Crippen LogP contribution in [-0.4, -0.2) is 40.7 Å². The van der Waals surface area contributed by atoms with Crippen molar-refractivity contribution in [3.63, 3.8) is 0 Å². The number of carbonyl (C=O) groups is 1. The van der Waals surface area contributed by atoms with Gasteiger partial charge in [0.2, 0.25) is 5.91 Å². The van der Waals surface area contributed by atoms with Crippen molar-refractivity contribution in [1.29, 1.82) is 0 Å². The molecule has 2 aromatic carbocycles. The van der Waals surface area contributed by atoms with Gasteiger partial charge < -0.3 is 14.8 Å². The van der Waals surface area contributed by atoms with Gasteiger partial charge >= 0.3 is 0 Å². The zero-order valence-corrected chi connectivity index (χ0v) is 15.5. The molecule has 28 heavy (non-hydrogen) atoms. The molecule has 0 aliphatic rings. The van der Waals surface area contributed by atoms with E-state index in [2.05, 4.69) is 15.6 Å². The van der Waals surface area contributed by atoms with Crippen molar-refractivity contribution in [3.05, 3.63) is 60.5 Å². The Kier molecular flexibility index (Phi) is 6.56. The molecule has 0 saturated heterocycles. The zero-order valence-electron chi connectivity index (χ0n) is 15.5. The first-order valence-corrected chi connectivity index (χ1v) is 8.92. The molecule has 0 aliphatic heterocycles. The van der Waals surface area contributed by atoms with Crippen LogP contribution in [0.15, 0.2) is 54.7 Å². The molecular weight excluding hydrogens is 363 g/mol. The molecule has 1 amide bonds. The number of amides is 1. The van der Waals surface area contributed by atoms with E-state index >= 15 is 0 Å². The third-order valence-corrected chi connectivity index (χ3v) is 3.79. The summed E-state index contributed by atoms with van der Waals surface area (Å²) in [6.45, 7) is 3.12. The summed E-state index contributed by atoms with van der Waals surface area (Å²) in [4.78, 5) is 12.0. The van der Waals surface area contributed by atoms with Gasteiger partial charge in [0, 0.05) is 11.6 Å². The molecule has 3 aromatic rings. The molecule has 146 valence electrons. The van der Waals surface area contributed by atoms with E-state index in [1.165, 1.54) is 16.8 Å². The van der Waals surface area contributed by atoms with Gasteiger partial charge in [0.1, 0.15) is 36.2 Å². The molecule has 0 radical (unpaired) electrons. The van der Waals surface area contributed by atoms with Crippen molar-refractivity contribution < 1.29 is 18.7 Å². The molecule has 0 saturated carbocycles. The van der Waals surface area contributed by atoms with Crippen LogP contribution in [0.4, 0.5) is 4.39 Å². The van der Waals surface area contributed by atoms with E-state index < -0.39 is 0 Å². The van der Waals surface area contributed by atoms with Crippen molar-refractivity contribution in [1.82, 2.24) is 20.3 Å². The molecule has 0 bridgehead atoms. The van der Waals surface area contributed by atoms with Crippen LogP contribution in [0.3, 0.4) is 0 Å². The summed E-state index contributed by atoms with van der Waals surface area (Å²) in [7, 11) is 0. The van der Waals surface area contributed by atoms with Crippen LogP contribution in [0, 0.1) is 5.82 Å². The van der Waals surface area contributed by atoms with Gasteiger partial charge in [0.25, 0.3) is 0 Å². The molecule has 0 unspecified atom stereocenters. The molecule has 1 aromatic heterocycles. The van der Waals surface area contributed by atoms with Crippen LogP contribution in [-0.2, 0) is 11.3 Å². The smallest absolute Gasteiger partial charge is 0.241 e. The summed E-state index contributed by atoms with van der Waals surface area (Å²) < 4.78 is 25.3. The summed E-state index contributed by atoms with van der Waals surface area (Å²) in [5.41, 5.74) is 1.56. The summed E-state index contributed by atoms with van der Waals surface area (Å²) in [5, 5.41) is 10.8. The Bertz CT molecular complexity index is 912. The van der Waals surface area contributed by atoms with E-state index in [1.807, 2.05) is 31.2 Å². The fourth-order valence-corrected chi connectivity index (χ4v) is 2.52. The Morgan fingerprint density at radius 3 is 2.71 bits per heavy atom. The largest absolute Gasteiger partial charge is 0.494 e. The van der Waals surface area contributed by atoms with Gasteiger partial charge in [0.15, 0.2) is 0 Å². The third kappa shape index (κ3) is 5.54. The van der Waals surface area contributed by atoms with Crippen molar-refractivity contribution in [2.45, 2.75) is 13.5 Å². The van der Waals surface area contributed by atoms with E-state index in [-0.39, 0.29) is 24.9 Å². The number of nitrogens with one attached hydrogen (secondary N) is 1. The SMILES string of the molecule is CCOc1ccc(-c2cn(CC(=O)NCCOc3cccc(F)c3)nn2)cc1. The van der Waals surface area contributed by atoms with Gasteiger partial charge in [0.05, 0.1) is 19.3 Å². The molecular formula is C20H21FN4O3. The molecule has 0 spiro atoms. The lowest BCUT2D eigenvalue weighted by atomic mass is 10.2. The number of aromatic nitrogens is 3. The molecule has 0 aliphatic carbocycles. The third-order valence-electron chi connectivity index (χ3n) is 3.79. The van der Waals surface area contributed by atoms with Crippen molar-refractivity contribution in [3.8, 4) is 22.8 Å². The number of hydrogen-bond donors (Lipinski definition) is 1. The topological polar surface area (TPSA) is 78.3 Å². The highest BCUT2D eigenvalue weighted by Crippen LogP contribution is 2.20. The van der Waals surface area contributed by atoms with Crippen molar-refractivity contribution >= 4 is 5.91 Å². The summed E-state index contributed by atoms with van der Waals surface area (Å²) in [6, 6.07) is 13.4. The Labute approximate surface area is 162 Å². The lowest BCUT2D eigenvalue weighted by molar-refractivity contribution is -0.121. The van der Waals surface area contributed by atoms with Crippen LogP contribution in [0.25, 0.3) is 11.3 Å². The predicted molar refractivity (Wildman–Crippen MR) is 102 cm³/mol. The highest BCUT2D eigenvalue weighted by Gasteiger charge is 2.08. The van der Waals surface area contributed by atoms with Gasteiger partial charge in [-0.15, -0.1) is 5.10 Å². The fraction of sp³-hybridized carbons (Fsp3) is 0.250. The minimum absolute atomic E-state index is 0.0456. The second-order valence-corrected chi connectivity index (χ2v) is 5.91. The average molecular weight is 384 g/mol. The summed E-state index contributed by atoms with van der Waals surface area (Å²) >= 11 is 0. The molecule has 0 fully saturated rings. The summed E-state index contributed by atoms with van der Waals surface area (Å²) in [5.74, 6) is 0.631. The molecule has 8 heteroatoms. The maximum absolute atomic E-state index is 13.1. The van der Waals surface area contributed by atoms with Gasteiger partial charge in [-0.05, 0) is 43.3 Å². The van der Waals surface area contributed by atoms with Crippen LogP contribution in [0.5, 0.6) is 11.5 Å². The second kappa shape index (κ2) is 9.50. The average Bonchev–Trinajstić information content (AvgIpc) is 3.14. The lowest BCUT2D eigenvalue weighted by Crippen LogP contribution is -2.31. The van der Waals surface area contributed by atoms with Crippen LogP contribution in [0.2, 0.25) is 0 Å². The maximum Gasteiger partial charge on any atom is 0.241 e. The predicted octanol–water partition coefficient (Wildman–Crippen LogP) is 2.68. The van der Waals surface area contributed by atoms with E-state index in [0.29, 0.717) is 24.6 Å². The first-order valence-electron chi connectivity index (χ1n) is 8.92. The van der Waals surface area contributed by atoms with Crippen LogP contribution < -0.4 is 14.8 Å².